The molecule has 1 unspecified atom stereocenters. The molecule has 0 saturated carbocycles. The molecule has 1 N–H and O–H groups in total. The summed E-state index contributed by atoms with van der Waals surface area (Å²) in [6.45, 7) is 3.22. The summed E-state index contributed by atoms with van der Waals surface area (Å²) >= 11 is 5.42. The van der Waals surface area contributed by atoms with Crippen LogP contribution in [-0.4, -0.2) is 6.54 Å². The number of thiophene rings is 1. The Morgan fingerprint density at radius 1 is 1.24 bits per heavy atom. The molecule has 0 aliphatic heterocycles. The first-order valence-electron chi connectivity index (χ1n) is 5.84. The molecule has 90 valence electrons. The van der Waals surface area contributed by atoms with Crippen LogP contribution in [0.5, 0.6) is 0 Å². The largest absolute Gasteiger partial charge is 0.306 e. The van der Waals surface area contributed by atoms with Crippen molar-refractivity contribution in [2.75, 3.05) is 6.54 Å². The van der Waals surface area contributed by atoms with Crippen molar-refractivity contribution < 1.29 is 0 Å². The van der Waals surface area contributed by atoms with E-state index in [9.17, 15) is 0 Å². The monoisotopic (exact) mass is 309 g/mol. The number of hydrogen-bond acceptors (Lipinski definition) is 2. The Bertz CT molecular complexity index is 452. The van der Waals surface area contributed by atoms with E-state index in [1.165, 1.54) is 14.9 Å². The molecule has 1 aromatic carbocycles. The predicted molar refractivity (Wildman–Crippen MR) is 78.6 cm³/mol. The van der Waals surface area contributed by atoms with E-state index >= 15 is 0 Å². The van der Waals surface area contributed by atoms with E-state index in [0.717, 1.165) is 13.0 Å². The summed E-state index contributed by atoms with van der Waals surface area (Å²) in [6, 6.07) is 13.0. The zero-order valence-electron chi connectivity index (χ0n) is 9.82. The Kier molecular flexibility index (Phi) is 4.77. The lowest BCUT2D eigenvalue weighted by molar-refractivity contribution is 0.604. The van der Waals surface area contributed by atoms with Gasteiger partial charge < -0.3 is 5.32 Å². The third-order valence-electron chi connectivity index (χ3n) is 2.64. The van der Waals surface area contributed by atoms with Gasteiger partial charge in [0.15, 0.2) is 0 Å². The van der Waals surface area contributed by atoms with Crippen molar-refractivity contribution in [3.8, 4) is 0 Å². The SMILES string of the molecule is CCCNC(c1ccccc1)c1sccc1Br. The molecule has 17 heavy (non-hydrogen) atoms. The normalized spacial score (nSPS) is 12.6. The summed E-state index contributed by atoms with van der Waals surface area (Å²) < 4.78 is 1.19. The number of hydrogen-bond donors (Lipinski definition) is 1. The van der Waals surface area contributed by atoms with Gasteiger partial charge in [0.1, 0.15) is 0 Å². The standard InChI is InChI=1S/C14H16BrNS/c1-2-9-16-13(11-6-4-3-5-7-11)14-12(15)8-10-17-14/h3-8,10,13,16H,2,9H2,1H3. The lowest BCUT2D eigenvalue weighted by atomic mass is 10.1. The van der Waals surface area contributed by atoms with Gasteiger partial charge in [-0.2, -0.15) is 0 Å². The molecule has 1 heterocycles. The molecule has 0 aliphatic carbocycles. The van der Waals surface area contributed by atoms with E-state index in [1.54, 1.807) is 11.3 Å². The first-order chi connectivity index (χ1) is 8.33. The second-order valence-electron chi connectivity index (χ2n) is 3.93. The second-order valence-corrected chi connectivity index (χ2v) is 5.73. The number of rotatable bonds is 5. The van der Waals surface area contributed by atoms with Gasteiger partial charge in [-0.15, -0.1) is 11.3 Å². The number of halogens is 1. The first-order valence-corrected chi connectivity index (χ1v) is 7.51. The molecule has 0 spiro atoms. The Morgan fingerprint density at radius 2 is 2.00 bits per heavy atom. The maximum atomic E-state index is 3.63. The predicted octanol–water partition coefficient (Wildman–Crippen LogP) is 4.60. The average Bonchev–Trinajstić information content (AvgIpc) is 2.78. The van der Waals surface area contributed by atoms with Crippen LogP contribution in [0.2, 0.25) is 0 Å². The fourth-order valence-electron chi connectivity index (χ4n) is 1.81. The fourth-order valence-corrected chi connectivity index (χ4v) is 3.51. The summed E-state index contributed by atoms with van der Waals surface area (Å²) in [7, 11) is 0. The van der Waals surface area contributed by atoms with Crippen molar-refractivity contribution in [1.82, 2.24) is 5.32 Å². The summed E-state index contributed by atoms with van der Waals surface area (Å²) in [5.74, 6) is 0. The zero-order valence-corrected chi connectivity index (χ0v) is 12.2. The molecule has 0 radical (unpaired) electrons. The van der Waals surface area contributed by atoms with Gasteiger partial charge in [-0.3, -0.25) is 0 Å². The molecule has 0 amide bonds. The van der Waals surface area contributed by atoms with Crippen molar-refractivity contribution in [2.45, 2.75) is 19.4 Å². The first kappa shape index (κ1) is 12.8. The highest BCUT2D eigenvalue weighted by Crippen LogP contribution is 2.32. The van der Waals surface area contributed by atoms with Crippen molar-refractivity contribution in [3.05, 3.63) is 56.7 Å². The minimum atomic E-state index is 0.297. The van der Waals surface area contributed by atoms with Crippen molar-refractivity contribution in [2.24, 2.45) is 0 Å². The summed E-state index contributed by atoms with van der Waals surface area (Å²) in [4.78, 5) is 1.35. The third kappa shape index (κ3) is 3.18. The quantitative estimate of drug-likeness (QED) is 0.851. The minimum absolute atomic E-state index is 0.297. The molecule has 0 saturated heterocycles. The molecular formula is C14H16BrNS. The highest BCUT2D eigenvalue weighted by atomic mass is 79.9. The number of nitrogens with one attached hydrogen (secondary N) is 1. The lowest BCUT2D eigenvalue weighted by Crippen LogP contribution is -2.22. The van der Waals surface area contributed by atoms with E-state index in [-0.39, 0.29) is 0 Å². The summed E-state index contributed by atoms with van der Waals surface area (Å²) in [5.41, 5.74) is 1.32. The topological polar surface area (TPSA) is 12.0 Å². The van der Waals surface area contributed by atoms with Gasteiger partial charge in [-0.25, -0.2) is 0 Å². The third-order valence-corrected chi connectivity index (χ3v) is 4.57. The highest BCUT2D eigenvalue weighted by molar-refractivity contribution is 9.10. The summed E-state index contributed by atoms with van der Waals surface area (Å²) in [5, 5.41) is 5.74. The van der Waals surface area contributed by atoms with E-state index in [0.29, 0.717) is 6.04 Å². The Morgan fingerprint density at radius 3 is 2.59 bits per heavy atom. The van der Waals surface area contributed by atoms with Crippen LogP contribution < -0.4 is 5.32 Å². The van der Waals surface area contributed by atoms with Crippen LogP contribution in [0.4, 0.5) is 0 Å². The average molecular weight is 310 g/mol. The second kappa shape index (κ2) is 6.34. The van der Waals surface area contributed by atoms with Gasteiger partial charge in [0.2, 0.25) is 0 Å². The maximum Gasteiger partial charge on any atom is 0.0682 e. The summed E-state index contributed by atoms with van der Waals surface area (Å²) in [6.07, 6.45) is 1.15. The van der Waals surface area contributed by atoms with Gasteiger partial charge in [-0.1, -0.05) is 37.3 Å². The van der Waals surface area contributed by atoms with Crippen LogP contribution in [0.15, 0.2) is 46.3 Å². The highest BCUT2D eigenvalue weighted by Gasteiger charge is 2.16. The van der Waals surface area contributed by atoms with E-state index in [1.807, 2.05) is 0 Å². The van der Waals surface area contributed by atoms with Gasteiger partial charge in [0.25, 0.3) is 0 Å². The minimum Gasteiger partial charge on any atom is -0.306 e. The van der Waals surface area contributed by atoms with Crippen molar-refractivity contribution >= 4 is 27.3 Å². The lowest BCUT2D eigenvalue weighted by Gasteiger charge is -2.18. The molecular weight excluding hydrogens is 294 g/mol. The molecule has 0 bridgehead atoms. The Balaban J connectivity index is 2.29. The van der Waals surface area contributed by atoms with Gasteiger partial charge >= 0.3 is 0 Å². The van der Waals surface area contributed by atoms with E-state index < -0.39 is 0 Å². The van der Waals surface area contributed by atoms with Crippen molar-refractivity contribution in [3.63, 3.8) is 0 Å². The van der Waals surface area contributed by atoms with Crippen LogP contribution in [-0.2, 0) is 0 Å². The van der Waals surface area contributed by atoms with Crippen LogP contribution >= 0.6 is 27.3 Å². The molecule has 2 aromatic rings. The van der Waals surface area contributed by atoms with Crippen molar-refractivity contribution in [1.29, 1.82) is 0 Å². The van der Waals surface area contributed by atoms with Gasteiger partial charge in [0.05, 0.1) is 6.04 Å². The van der Waals surface area contributed by atoms with Crippen LogP contribution in [0.1, 0.15) is 29.8 Å². The number of benzene rings is 1. The van der Waals surface area contributed by atoms with E-state index in [4.69, 9.17) is 0 Å². The van der Waals surface area contributed by atoms with Gasteiger partial charge in [0, 0.05) is 9.35 Å². The molecule has 2 rings (SSSR count). The molecule has 1 atom stereocenters. The Labute approximate surface area is 115 Å². The van der Waals surface area contributed by atoms with Crippen LogP contribution in [0, 0.1) is 0 Å². The molecule has 1 nitrogen and oxygen atoms in total. The van der Waals surface area contributed by atoms with Crippen LogP contribution in [0.3, 0.4) is 0 Å². The zero-order chi connectivity index (χ0) is 12.1. The maximum absolute atomic E-state index is 3.63. The Hall–Kier alpha value is -0.640. The van der Waals surface area contributed by atoms with E-state index in [2.05, 4.69) is 69.9 Å². The van der Waals surface area contributed by atoms with Gasteiger partial charge in [-0.05, 0) is 45.9 Å². The van der Waals surface area contributed by atoms with Crippen LogP contribution in [0.25, 0.3) is 0 Å². The molecule has 1 aromatic heterocycles. The molecule has 0 aliphatic rings. The molecule has 0 fully saturated rings. The smallest absolute Gasteiger partial charge is 0.0682 e. The fraction of sp³-hybridized carbons (Fsp3) is 0.286. The molecule has 3 heteroatoms.